The molecule has 1 aromatic carbocycles. The van der Waals surface area contributed by atoms with E-state index >= 15 is 0 Å². The van der Waals surface area contributed by atoms with Crippen LogP contribution >= 0.6 is 11.6 Å². The normalized spacial score (nSPS) is 11.1. The zero-order valence-electron chi connectivity index (χ0n) is 16.6. The third-order valence-electron chi connectivity index (χ3n) is 4.16. The van der Waals surface area contributed by atoms with E-state index in [9.17, 15) is 0 Å². The Morgan fingerprint density at radius 3 is 2.64 bits per heavy atom. The van der Waals surface area contributed by atoms with Crippen molar-refractivity contribution in [3.8, 4) is 11.5 Å². The van der Waals surface area contributed by atoms with Gasteiger partial charge in [-0.05, 0) is 42.2 Å². The Morgan fingerprint density at radius 1 is 1.21 bits per heavy atom. The van der Waals surface area contributed by atoms with Crippen molar-refractivity contribution >= 4 is 17.6 Å². The van der Waals surface area contributed by atoms with Crippen LogP contribution in [0, 0.1) is 0 Å². The minimum absolute atomic E-state index is 0.500. The van der Waals surface area contributed by atoms with Gasteiger partial charge in [0.15, 0.2) is 17.5 Å². The summed E-state index contributed by atoms with van der Waals surface area (Å²) in [6, 6.07) is 7.81. The molecule has 0 radical (unpaired) electrons. The van der Waals surface area contributed by atoms with Crippen molar-refractivity contribution in [3.05, 3.63) is 65.0 Å². The van der Waals surface area contributed by atoms with Crippen molar-refractivity contribution in [1.82, 2.24) is 15.6 Å². The Bertz CT molecular complexity index is 807. The highest BCUT2D eigenvalue weighted by atomic mass is 35.5. The van der Waals surface area contributed by atoms with Gasteiger partial charge < -0.3 is 20.1 Å². The molecule has 2 rings (SSSR count). The van der Waals surface area contributed by atoms with Crippen molar-refractivity contribution < 1.29 is 9.47 Å². The molecule has 0 amide bonds. The smallest absolute Gasteiger partial charge is 0.191 e. The molecule has 7 heteroatoms. The Balaban J connectivity index is 1.95. The highest BCUT2D eigenvalue weighted by Gasteiger charge is 2.12. The molecule has 0 saturated carbocycles. The molecule has 28 heavy (non-hydrogen) atoms. The number of hydrogen-bond acceptors (Lipinski definition) is 4. The van der Waals surface area contributed by atoms with Gasteiger partial charge in [0.25, 0.3) is 0 Å². The minimum Gasteiger partial charge on any atom is -0.493 e. The third kappa shape index (κ3) is 6.16. The van der Waals surface area contributed by atoms with Crippen molar-refractivity contribution in [2.24, 2.45) is 4.99 Å². The molecule has 0 aliphatic heterocycles. The lowest BCUT2D eigenvalue weighted by Gasteiger charge is -2.16. The number of halogens is 1. The fourth-order valence-electron chi connectivity index (χ4n) is 2.80. The third-order valence-corrected chi connectivity index (χ3v) is 4.38. The second kappa shape index (κ2) is 11.2. The molecular formula is C21H27ClN4O2. The monoisotopic (exact) mass is 402 g/mol. The van der Waals surface area contributed by atoms with Crippen LogP contribution in [0.3, 0.4) is 0 Å². The van der Waals surface area contributed by atoms with Gasteiger partial charge in [0.2, 0.25) is 0 Å². The molecule has 0 fully saturated rings. The molecule has 2 aromatic rings. The molecular weight excluding hydrogens is 376 g/mol. The largest absolute Gasteiger partial charge is 0.493 e. The Kier molecular flexibility index (Phi) is 8.62. The molecule has 150 valence electrons. The Morgan fingerprint density at radius 2 is 2.04 bits per heavy atom. The summed E-state index contributed by atoms with van der Waals surface area (Å²) in [5.74, 6) is 2.17. The number of methoxy groups -OCH3 is 2. The van der Waals surface area contributed by atoms with Crippen LogP contribution in [0.1, 0.15) is 16.7 Å². The SMILES string of the molecule is C=CCc1cc(CNC(=NC)NCCc2ccc(Cl)nc2)cc(OC)c1OC. The van der Waals surface area contributed by atoms with E-state index in [2.05, 4.69) is 33.3 Å². The fourth-order valence-corrected chi connectivity index (χ4v) is 2.91. The summed E-state index contributed by atoms with van der Waals surface area (Å²) >= 11 is 5.81. The fraction of sp³-hybridized carbons (Fsp3) is 0.333. The first kappa shape index (κ1) is 21.6. The summed E-state index contributed by atoms with van der Waals surface area (Å²) in [4.78, 5) is 8.36. The zero-order chi connectivity index (χ0) is 20.4. The predicted octanol–water partition coefficient (Wildman–Crippen LogP) is 3.39. The number of aliphatic imine (C=N–C) groups is 1. The summed E-state index contributed by atoms with van der Waals surface area (Å²) in [5.41, 5.74) is 3.22. The number of nitrogens with zero attached hydrogens (tertiary/aromatic N) is 2. The van der Waals surface area contributed by atoms with E-state index in [1.807, 2.05) is 18.2 Å². The summed E-state index contributed by atoms with van der Waals surface area (Å²) in [6.07, 6.45) is 5.16. The molecule has 0 aliphatic rings. The number of benzene rings is 1. The van der Waals surface area contributed by atoms with Gasteiger partial charge in [-0.3, -0.25) is 4.99 Å². The van der Waals surface area contributed by atoms with Crippen molar-refractivity contribution in [2.45, 2.75) is 19.4 Å². The lowest BCUT2D eigenvalue weighted by molar-refractivity contribution is 0.352. The number of hydrogen-bond donors (Lipinski definition) is 2. The number of guanidine groups is 1. The van der Waals surface area contributed by atoms with Crippen LogP contribution in [-0.4, -0.2) is 38.8 Å². The van der Waals surface area contributed by atoms with Gasteiger partial charge in [-0.15, -0.1) is 6.58 Å². The molecule has 0 spiro atoms. The van der Waals surface area contributed by atoms with Crippen molar-refractivity contribution in [3.63, 3.8) is 0 Å². The van der Waals surface area contributed by atoms with Gasteiger partial charge >= 0.3 is 0 Å². The number of rotatable bonds is 9. The van der Waals surface area contributed by atoms with Crippen LogP contribution in [0.4, 0.5) is 0 Å². The van der Waals surface area contributed by atoms with Gasteiger partial charge in [-0.1, -0.05) is 23.7 Å². The van der Waals surface area contributed by atoms with Crippen LogP contribution < -0.4 is 20.1 Å². The zero-order valence-corrected chi connectivity index (χ0v) is 17.3. The highest BCUT2D eigenvalue weighted by Crippen LogP contribution is 2.33. The minimum atomic E-state index is 0.500. The second-order valence-corrected chi connectivity index (χ2v) is 6.46. The van der Waals surface area contributed by atoms with E-state index in [4.69, 9.17) is 21.1 Å². The topological polar surface area (TPSA) is 67.8 Å². The van der Waals surface area contributed by atoms with Gasteiger partial charge in [0.1, 0.15) is 5.15 Å². The van der Waals surface area contributed by atoms with E-state index in [0.29, 0.717) is 23.9 Å². The van der Waals surface area contributed by atoms with E-state index in [0.717, 1.165) is 41.4 Å². The number of nitrogens with one attached hydrogen (secondary N) is 2. The van der Waals surface area contributed by atoms with Crippen molar-refractivity contribution in [2.75, 3.05) is 27.8 Å². The second-order valence-electron chi connectivity index (χ2n) is 6.07. The quantitative estimate of drug-likeness (QED) is 0.291. The maximum atomic E-state index is 5.81. The number of aromatic nitrogens is 1. The maximum absolute atomic E-state index is 5.81. The van der Waals surface area contributed by atoms with Crippen LogP contribution in [0.15, 0.2) is 48.1 Å². The summed E-state index contributed by atoms with van der Waals surface area (Å²) in [5, 5.41) is 7.12. The van der Waals surface area contributed by atoms with E-state index < -0.39 is 0 Å². The first-order chi connectivity index (χ1) is 13.6. The predicted molar refractivity (Wildman–Crippen MR) is 115 cm³/mol. The number of pyridine rings is 1. The van der Waals surface area contributed by atoms with Gasteiger partial charge in [-0.25, -0.2) is 4.98 Å². The summed E-state index contributed by atoms with van der Waals surface area (Å²) < 4.78 is 11.0. The molecule has 1 aromatic heterocycles. The Hall–Kier alpha value is -2.73. The Labute approximate surface area is 171 Å². The number of ether oxygens (including phenoxy) is 2. The standard InChI is InChI=1S/C21H27ClN4O2/c1-5-6-17-11-16(12-18(27-3)20(17)28-4)14-26-21(23-2)24-10-9-15-7-8-19(22)25-13-15/h5,7-8,11-13H,1,6,9-10,14H2,2-4H3,(H2,23,24,26). The van der Waals surface area contributed by atoms with Crippen LogP contribution in [0.25, 0.3) is 0 Å². The van der Waals surface area contributed by atoms with Crippen LogP contribution in [-0.2, 0) is 19.4 Å². The van der Waals surface area contributed by atoms with Gasteiger partial charge in [0.05, 0.1) is 14.2 Å². The average Bonchev–Trinajstić information content (AvgIpc) is 2.71. The molecule has 2 N–H and O–H groups in total. The molecule has 0 aliphatic carbocycles. The molecule has 0 unspecified atom stereocenters. The molecule has 1 heterocycles. The molecule has 0 atom stereocenters. The van der Waals surface area contributed by atoms with E-state index in [1.54, 1.807) is 33.5 Å². The van der Waals surface area contributed by atoms with Gasteiger partial charge in [-0.2, -0.15) is 0 Å². The van der Waals surface area contributed by atoms with Crippen molar-refractivity contribution in [1.29, 1.82) is 0 Å². The summed E-state index contributed by atoms with van der Waals surface area (Å²) in [6.45, 7) is 5.15. The number of allylic oxidation sites excluding steroid dienone is 1. The van der Waals surface area contributed by atoms with E-state index in [-0.39, 0.29) is 0 Å². The molecule has 6 nitrogen and oxygen atoms in total. The first-order valence-electron chi connectivity index (χ1n) is 9.00. The summed E-state index contributed by atoms with van der Waals surface area (Å²) in [7, 11) is 5.03. The van der Waals surface area contributed by atoms with Gasteiger partial charge in [0, 0.05) is 31.9 Å². The lowest BCUT2D eigenvalue weighted by atomic mass is 10.1. The van der Waals surface area contributed by atoms with Crippen LogP contribution in [0.2, 0.25) is 5.15 Å². The van der Waals surface area contributed by atoms with Crippen LogP contribution in [0.5, 0.6) is 11.5 Å². The first-order valence-corrected chi connectivity index (χ1v) is 9.38. The maximum Gasteiger partial charge on any atom is 0.191 e. The molecule has 0 saturated heterocycles. The highest BCUT2D eigenvalue weighted by molar-refractivity contribution is 6.29. The average molecular weight is 403 g/mol. The lowest BCUT2D eigenvalue weighted by Crippen LogP contribution is -2.37. The molecule has 0 bridgehead atoms. The van der Waals surface area contributed by atoms with E-state index in [1.165, 1.54) is 0 Å².